The number of amides is 2. The summed E-state index contributed by atoms with van der Waals surface area (Å²) in [7, 11) is 0. The first-order valence-electron chi connectivity index (χ1n) is 10.8. The minimum atomic E-state index is -4.80. The Kier molecular flexibility index (Phi) is 7.14. The number of hydrogen-bond acceptors (Lipinski definition) is 4. The number of nitrogens with zero attached hydrogens (tertiary/aromatic N) is 1. The van der Waals surface area contributed by atoms with Crippen molar-refractivity contribution in [2.75, 3.05) is 10.6 Å². The van der Waals surface area contributed by atoms with E-state index in [-0.39, 0.29) is 30.0 Å². The highest BCUT2D eigenvalue weighted by Gasteiger charge is 2.34. The second-order valence-electron chi connectivity index (χ2n) is 7.75. The van der Waals surface area contributed by atoms with E-state index in [4.69, 9.17) is 4.42 Å². The summed E-state index contributed by atoms with van der Waals surface area (Å²) >= 11 is 0. The number of aromatic nitrogens is 1. The maximum atomic E-state index is 13.7. The van der Waals surface area contributed by atoms with Crippen LogP contribution in [0.2, 0.25) is 0 Å². The summed E-state index contributed by atoms with van der Waals surface area (Å²) in [5.74, 6) is -1.13. The first kappa shape index (κ1) is 24.6. The SMILES string of the molecule is O=C(CCc1ncc(-c2ccccc2)o1)Nc1ccc(NC(=O)c2ccc(F)cc2)cc1C(F)(F)F. The lowest BCUT2D eigenvalue weighted by Crippen LogP contribution is -2.18. The number of halogens is 4. The summed E-state index contributed by atoms with van der Waals surface area (Å²) < 4.78 is 59.6. The Labute approximate surface area is 203 Å². The molecule has 2 amide bonds. The molecular formula is C26H19F4N3O3. The molecule has 0 aliphatic carbocycles. The molecule has 0 aliphatic heterocycles. The van der Waals surface area contributed by atoms with Crippen molar-refractivity contribution in [2.45, 2.75) is 19.0 Å². The van der Waals surface area contributed by atoms with Crippen LogP contribution in [0, 0.1) is 5.82 Å². The topological polar surface area (TPSA) is 84.2 Å². The van der Waals surface area contributed by atoms with Crippen LogP contribution in [-0.4, -0.2) is 16.8 Å². The molecule has 0 unspecified atom stereocenters. The van der Waals surface area contributed by atoms with Crippen molar-refractivity contribution in [3.63, 3.8) is 0 Å². The molecule has 1 heterocycles. The van der Waals surface area contributed by atoms with Gasteiger partial charge in [0.05, 0.1) is 17.4 Å². The van der Waals surface area contributed by atoms with Crippen molar-refractivity contribution in [2.24, 2.45) is 0 Å². The molecule has 0 spiro atoms. The van der Waals surface area contributed by atoms with Gasteiger partial charge in [-0.3, -0.25) is 9.59 Å². The number of aryl methyl sites for hydroxylation is 1. The van der Waals surface area contributed by atoms with Gasteiger partial charge in [0, 0.05) is 29.7 Å². The number of anilines is 2. The Bertz CT molecular complexity index is 1370. The van der Waals surface area contributed by atoms with Gasteiger partial charge in [-0.1, -0.05) is 30.3 Å². The lowest BCUT2D eigenvalue weighted by molar-refractivity contribution is -0.136. The average Bonchev–Trinajstić information content (AvgIpc) is 3.33. The smallest absolute Gasteiger partial charge is 0.418 e. The van der Waals surface area contributed by atoms with Gasteiger partial charge in [0.2, 0.25) is 5.91 Å². The van der Waals surface area contributed by atoms with E-state index < -0.39 is 35.1 Å². The predicted molar refractivity (Wildman–Crippen MR) is 125 cm³/mol. The molecule has 4 aromatic rings. The number of oxazole rings is 1. The van der Waals surface area contributed by atoms with Crippen LogP contribution >= 0.6 is 0 Å². The molecule has 0 saturated carbocycles. The van der Waals surface area contributed by atoms with Crippen molar-refractivity contribution in [1.82, 2.24) is 4.98 Å². The van der Waals surface area contributed by atoms with E-state index in [1.54, 1.807) is 0 Å². The van der Waals surface area contributed by atoms with E-state index in [0.29, 0.717) is 5.76 Å². The number of alkyl halides is 3. The molecule has 2 N–H and O–H groups in total. The Balaban J connectivity index is 1.42. The third-order valence-electron chi connectivity index (χ3n) is 5.14. The van der Waals surface area contributed by atoms with Crippen LogP contribution in [0.1, 0.15) is 28.2 Å². The predicted octanol–water partition coefficient (Wildman–Crippen LogP) is 6.32. The first-order valence-corrected chi connectivity index (χ1v) is 10.8. The molecule has 184 valence electrons. The molecule has 36 heavy (non-hydrogen) atoms. The maximum Gasteiger partial charge on any atom is 0.418 e. The Hall–Kier alpha value is -4.47. The van der Waals surface area contributed by atoms with Crippen molar-refractivity contribution in [1.29, 1.82) is 0 Å². The summed E-state index contributed by atoms with van der Waals surface area (Å²) in [6.45, 7) is 0. The summed E-state index contributed by atoms with van der Waals surface area (Å²) in [6.07, 6.45) is -3.35. The highest BCUT2D eigenvalue weighted by Crippen LogP contribution is 2.37. The normalized spacial score (nSPS) is 11.2. The van der Waals surface area contributed by atoms with Crippen LogP contribution in [0.15, 0.2) is 83.4 Å². The Morgan fingerprint density at radius 2 is 1.64 bits per heavy atom. The fourth-order valence-electron chi connectivity index (χ4n) is 3.36. The third kappa shape index (κ3) is 6.15. The highest BCUT2D eigenvalue weighted by molar-refractivity contribution is 6.04. The van der Waals surface area contributed by atoms with Crippen molar-refractivity contribution < 1.29 is 31.6 Å². The van der Waals surface area contributed by atoms with E-state index in [0.717, 1.165) is 29.8 Å². The van der Waals surface area contributed by atoms with Crippen LogP contribution in [0.4, 0.5) is 28.9 Å². The minimum absolute atomic E-state index is 0.0734. The van der Waals surface area contributed by atoms with Gasteiger partial charge in [0.1, 0.15) is 5.82 Å². The van der Waals surface area contributed by atoms with Gasteiger partial charge in [-0.25, -0.2) is 9.37 Å². The second kappa shape index (κ2) is 10.4. The molecule has 0 aliphatic rings. The van der Waals surface area contributed by atoms with Crippen molar-refractivity contribution in [3.8, 4) is 11.3 Å². The van der Waals surface area contributed by atoms with Crippen LogP contribution in [0.25, 0.3) is 11.3 Å². The fourth-order valence-corrected chi connectivity index (χ4v) is 3.36. The van der Waals surface area contributed by atoms with Gasteiger partial charge in [-0.2, -0.15) is 13.2 Å². The van der Waals surface area contributed by atoms with E-state index in [1.807, 2.05) is 30.3 Å². The largest absolute Gasteiger partial charge is 0.441 e. The van der Waals surface area contributed by atoms with Gasteiger partial charge < -0.3 is 15.1 Å². The summed E-state index contributed by atoms with van der Waals surface area (Å²) in [4.78, 5) is 28.7. The molecular weight excluding hydrogens is 478 g/mol. The van der Waals surface area contributed by atoms with Crippen LogP contribution in [-0.2, 0) is 17.4 Å². The van der Waals surface area contributed by atoms with E-state index in [2.05, 4.69) is 15.6 Å². The maximum absolute atomic E-state index is 13.7. The highest BCUT2D eigenvalue weighted by atomic mass is 19.4. The van der Waals surface area contributed by atoms with Gasteiger partial charge in [0.15, 0.2) is 11.7 Å². The molecule has 0 saturated heterocycles. The minimum Gasteiger partial charge on any atom is -0.441 e. The van der Waals surface area contributed by atoms with Crippen molar-refractivity contribution in [3.05, 3.63) is 102 Å². The first-order chi connectivity index (χ1) is 17.2. The van der Waals surface area contributed by atoms with E-state index in [1.165, 1.54) is 24.4 Å². The second-order valence-corrected chi connectivity index (χ2v) is 7.75. The quantitative estimate of drug-likeness (QED) is 0.293. The number of hydrogen-bond donors (Lipinski definition) is 2. The van der Waals surface area contributed by atoms with Gasteiger partial charge in [-0.15, -0.1) is 0 Å². The molecule has 6 nitrogen and oxygen atoms in total. The lowest BCUT2D eigenvalue weighted by Gasteiger charge is -2.16. The number of rotatable bonds is 7. The van der Waals surface area contributed by atoms with Gasteiger partial charge in [-0.05, 0) is 42.5 Å². The lowest BCUT2D eigenvalue weighted by atomic mass is 10.1. The molecule has 1 aromatic heterocycles. The number of benzene rings is 3. The van der Waals surface area contributed by atoms with Crippen LogP contribution < -0.4 is 10.6 Å². The van der Waals surface area contributed by atoms with Crippen LogP contribution in [0.3, 0.4) is 0 Å². The zero-order valence-corrected chi connectivity index (χ0v) is 18.6. The zero-order chi connectivity index (χ0) is 25.7. The van der Waals surface area contributed by atoms with Crippen molar-refractivity contribution >= 4 is 23.2 Å². The molecule has 0 bridgehead atoms. The third-order valence-corrected chi connectivity index (χ3v) is 5.14. The monoisotopic (exact) mass is 497 g/mol. The molecule has 0 atom stereocenters. The summed E-state index contributed by atoms with van der Waals surface area (Å²) in [6, 6.07) is 16.7. The zero-order valence-electron chi connectivity index (χ0n) is 18.6. The Morgan fingerprint density at radius 1 is 0.917 bits per heavy atom. The Morgan fingerprint density at radius 3 is 2.33 bits per heavy atom. The number of carbonyl (C=O) groups excluding carboxylic acids is 2. The van der Waals surface area contributed by atoms with Crippen LogP contribution in [0.5, 0.6) is 0 Å². The van der Waals surface area contributed by atoms with Gasteiger partial charge in [0.25, 0.3) is 5.91 Å². The molecule has 4 rings (SSSR count). The molecule has 0 fully saturated rings. The van der Waals surface area contributed by atoms with Gasteiger partial charge >= 0.3 is 6.18 Å². The van der Waals surface area contributed by atoms with E-state index >= 15 is 0 Å². The summed E-state index contributed by atoms with van der Waals surface area (Å²) in [5, 5.41) is 4.60. The number of nitrogens with one attached hydrogen (secondary N) is 2. The fraction of sp³-hybridized carbons (Fsp3) is 0.115. The molecule has 3 aromatic carbocycles. The van der Waals surface area contributed by atoms with E-state index in [9.17, 15) is 27.2 Å². The molecule has 10 heteroatoms. The summed E-state index contributed by atoms with van der Waals surface area (Å²) in [5.41, 5.74) is -0.839. The molecule has 0 radical (unpaired) electrons. The standard InChI is InChI=1S/C26H19F4N3O3/c27-18-8-6-17(7-9-18)25(35)32-19-10-11-21(20(14-19)26(28,29)30)33-23(34)12-13-24-31-15-22(36-24)16-4-2-1-3-5-16/h1-11,14-15H,12-13H2,(H,32,35)(H,33,34). The average molecular weight is 497 g/mol. The number of carbonyl (C=O) groups is 2.